The van der Waals surface area contributed by atoms with Crippen LogP contribution in [-0.2, 0) is 0 Å². The van der Waals surface area contributed by atoms with Gasteiger partial charge in [-0.2, -0.15) is 0 Å². The van der Waals surface area contributed by atoms with Gasteiger partial charge in [-0.15, -0.1) is 0 Å². The molecule has 0 bridgehead atoms. The molecule has 0 aliphatic carbocycles. The van der Waals surface area contributed by atoms with Gasteiger partial charge in [-0.1, -0.05) is 11.8 Å². The van der Waals surface area contributed by atoms with Crippen molar-refractivity contribution in [1.82, 2.24) is 15.3 Å². The molecule has 18 heavy (non-hydrogen) atoms. The van der Waals surface area contributed by atoms with E-state index in [1.54, 1.807) is 18.2 Å². The summed E-state index contributed by atoms with van der Waals surface area (Å²) in [6.45, 7) is 0.0518. The molecule has 6 heteroatoms. The van der Waals surface area contributed by atoms with Gasteiger partial charge in [-0.05, 0) is 18.2 Å². The minimum absolute atomic E-state index is 0.0518. The Hall–Kier alpha value is -2.81. The van der Waals surface area contributed by atoms with Gasteiger partial charge in [-0.3, -0.25) is 4.79 Å². The maximum absolute atomic E-state index is 11.4. The van der Waals surface area contributed by atoms with E-state index in [0.717, 1.165) is 0 Å². The fraction of sp³-hybridized carbons (Fsp3) is 0.0833. The predicted molar refractivity (Wildman–Crippen MR) is 65.3 cm³/mol. The molecule has 0 spiro atoms. The maximum Gasteiger partial charge on any atom is 0.405 e. The molecule has 0 aliphatic heterocycles. The summed E-state index contributed by atoms with van der Waals surface area (Å²) in [5.74, 6) is 5.44. The van der Waals surface area contributed by atoms with Gasteiger partial charge in [0, 0.05) is 5.56 Å². The lowest BCUT2D eigenvalue weighted by Gasteiger charge is -1.96. The third-order valence-electron chi connectivity index (χ3n) is 2.20. The Morgan fingerprint density at radius 2 is 2.33 bits per heavy atom. The van der Waals surface area contributed by atoms with E-state index in [2.05, 4.69) is 27.1 Å². The number of benzene rings is 1. The fourth-order valence-electron chi connectivity index (χ4n) is 1.41. The molecule has 90 valence electrons. The summed E-state index contributed by atoms with van der Waals surface area (Å²) >= 11 is 0. The number of amides is 1. The average molecular weight is 243 g/mol. The summed E-state index contributed by atoms with van der Waals surface area (Å²) in [5, 5.41) is 11.0. The number of rotatable bonds is 1. The molecule has 1 amide bonds. The van der Waals surface area contributed by atoms with Crippen LogP contribution in [0.1, 0.15) is 5.56 Å². The molecule has 0 atom stereocenters. The quantitative estimate of drug-likeness (QED) is 0.637. The van der Waals surface area contributed by atoms with Crippen LogP contribution >= 0.6 is 0 Å². The third kappa shape index (κ3) is 2.65. The van der Waals surface area contributed by atoms with E-state index < -0.39 is 6.09 Å². The molecule has 3 N–H and O–H groups in total. The lowest BCUT2D eigenvalue weighted by molar-refractivity contribution is 0.196. The molecule has 1 aromatic heterocycles. The lowest BCUT2D eigenvalue weighted by Crippen LogP contribution is -2.20. The van der Waals surface area contributed by atoms with E-state index in [4.69, 9.17) is 5.11 Å². The second-order valence-corrected chi connectivity index (χ2v) is 3.42. The van der Waals surface area contributed by atoms with Crippen molar-refractivity contribution < 1.29 is 9.90 Å². The SMILES string of the molecule is O=C(O)NCC#Cc1ccc2c(=O)[nH]cnc2c1. The molecule has 0 saturated carbocycles. The van der Waals surface area contributed by atoms with Gasteiger partial charge >= 0.3 is 6.09 Å². The van der Waals surface area contributed by atoms with Crippen LogP contribution in [0.2, 0.25) is 0 Å². The Labute approximate surface area is 102 Å². The number of H-pyrrole nitrogens is 1. The Balaban J connectivity index is 2.25. The number of carboxylic acid groups (broad SMARTS) is 1. The van der Waals surface area contributed by atoms with Crippen LogP contribution in [0.4, 0.5) is 4.79 Å². The number of hydrogen-bond donors (Lipinski definition) is 3. The van der Waals surface area contributed by atoms with Gasteiger partial charge in [0.2, 0.25) is 0 Å². The van der Waals surface area contributed by atoms with Crippen molar-refractivity contribution in [2.75, 3.05) is 6.54 Å². The molecule has 6 nitrogen and oxygen atoms in total. The molecule has 2 aromatic rings. The fourth-order valence-corrected chi connectivity index (χ4v) is 1.41. The Bertz CT molecular complexity index is 710. The van der Waals surface area contributed by atoms with Crippen molar-refractivity contribution in [2.45, 2.75) is 0 Å². The normalized spacial score (nSPS) is 9.56. The van der Waals surface area contributed by atoms with Crippen molar-refractivity contribution in [3.8, 4) is 11.8 Å². The van der Waals surface area contributed by atoms with Crippen LogP contribution in [0.15, 0.2) is 29.3 Å². The van der Waals surface area contributed by atoms with Gasteiger partial charge in [0.15, 0.2) is 0 Å². The number of fused-ring (bicyclic) bond motifs is 1. The molecule has 0 aliphatic rings. The standard InChI is InChI=1S/C12H9N3O3/c16-11-9-4-3-8(2-1-5-13-12(17)18)6-10(9)14-7-15-11/h3-4,6-7,13H,5H2,(H,17,18)(H,14,15,16). The summed E-state index contributed by atoms with van der Waals surface area (Å²) in [4.78, 5) is 28.1. The van der Waals surface area contributed by atoms with E-state index in [1.165, 1.54) is 6.33 Å². The largest absolute Gasteiger partial charge is 0.465 e. The van der Waals surface area contributed by atoms with Gasteiger partial charge in [-0.25, -0.2) is 9.78 Å². The molecule has 1 aromatic carbocycles. The Morgan fingerprint density at radius 3 is 3.11 bits per heavy atom. The van der Waals surface area contributed by atoms with E-state index in [0.29, 0.717) is 16.5 Å². The van der Waals surface area contributed by atoms with Gasteiger partial charge in [0.1, 0.15) is 0 Å². The van der Waals surface area contributed by atoms with E-state index >= 15 is 0 Å². The highest BCUT2D eigenvalue weighted by Crippen LogP contribution is 2.08. The number of hydrogen-bond acceptors (Lipinski definition) is 3. The van der Waals surface area contributed by atoms with Crippen molar-refractivity contribution in [3.63, 3.8) is 0 Å². The molecule has 1 heterocycles. The Kier molecular flexibility index (Phi) is 3.25. The molecule has 0 saturated heterocycles. The van der Waals surface area contributed by atoms with E-state index in [-0.39, 0.29) is 12.1 Å². The van der Waals surface area contributed by atoms with Gasteiger partial charge < -0.3 is 15.4 Å². The minimum atomic E-state index is -1.11. The average Bonchev–Trinajstić information content (AvgIpc) is 2.35. The first-order valence-corrected chi connectivity index (χ1v) is 5.10. The van der Waals surface area contributed by atoms with Crippen LogP contribution in [0, 0.1) is 11.8 Å². The number of carbonyl (C=O) groups is 1. The van der Waals surface area contributed by atoms with Crippen LogP contribution in [0.5, 0.6) is 0 Å². The highest BCUT2D eigenvalue weighted by Gasteiger charge is 1.98. The maximum atomic E-state index is 11.4. The van der Waals surface area contributed by atoms with Crippen molar-refractivity contribution in [2.24, 2.45) is 0 Å². The molecular weight excluding hydrogens is 234 g/mol. The van der Waals surface area contributed by atoms with Gasteiger partial charge in [0.05, 0.1) is 23.8 Å². The first kappa shape index (κ1) is 11.7. The molecule has 2 rings (SSSR count). The number of nitrogens with zero attached hydrogens (tertiary/aromatic N) is 1. The topological polar surface area (TPSA) is 95.1 Å². The molecular formula is C12H9N3O3. The summed E-state index contributed by atoms with van der Waals surface area (Å²) in [5.41, 5.74) is 1.02. The van der Waals surface area contributed by atoms with Crippen LogP contribution in [-0.4, -0.2) is 27.7 Å². The predicted octanol–water partition coefficient (Wildman–Crippen LogP) is 0.542. The lowest BCUT2D eigenvalue weighted by atomic mass is 10.1. The van der Waals surface area contributed by atoms with Crippen LogP contribution in [0.3, 0.4) is 0 Å². The second-order valence-electron chi connectivity index (χ2n) is 3.42. The number of aromatic nitrogens is 2. The highest BCUT2D eigenvalue weighted by molar-refractivity contribution is 5.78. The summed E-state index contributed by atoms with van der Waals surface area (Å²) < 4.78 is 0. The van der Waals surface area contributed by atoms with E-state index in [9.17, 15) is 9.59 Å². The summed E-state index contributed by atoms with van der Waals surface area (Å²) in [7, 11) is 0. The first-order valence-electron chi connectivity index (χ1n) is 5.10. The van der Waals surface area contributed by atoms with E-state index in [1.807, 2.05) is 0 Å². The van der Waals surface area contributed by atoms with Crippen LogP contribution in [0.25, 0.3) is 10.9 Å². The number of nitrogens with one attached hydrogen (secondary N) is 2. The summed E-state index contributed by atoms with van der Waals surface area (Å²) in [6.07, 6.45) is 0.212. The zero-order valence-corrected chi connectivity index (χ0v) is 9.23. The molecule has 0 fully saturated rings. The highest BCUT2D eigenvalue weighted by atomic mass is 16.4. The Morgan fingerprint density at radius 1 is 1.50 bits per heavy atom. The molecule has 0 radical (unpaired) electrons. The van der Waals surface area contributed by atoms with Crippen molar-refractivity contribution in [1.29, 1.82) is 0 Å². The summed E-state index contributed by atoms with van der Waals surface area (Å²) in [6, 6.07) is 5.00. The third-order valence-corrected chi connectivity index (χ3v) is 2.20. The zero-order chi connectivity index (χ0) is 13.0. The zero-order valence-electron chi connectivity index (χ0n) is 9.23. The number of aromatic amines is 1. The van der Waals surface area contributed by atoms with Crippen molar-refractivity contribution >= 4 is 17.0 Å². The smallest absolute Gasteiger partial charge is 0.405 e. The first-order chi connectivity index (χ1) is 8.66. The monoisotopic (exact) mass is 243 g/mol. The second kappa shape index (κ2) is 5.01. The molecule has 0 unspecified atom stereocenters. The van der Waals surface area contributed by atoms with Crippen LogP contribution < -0.4 is 10.9 Å². The van der Waals surface area contributed by atoms with Gasteiger partial charge in [0.25, 0.3) is 5.56 Å². The van der Waals surface area contributed by atoms with Crippen molar-refractivity contribution in [3.05, 3.63) is 40.4 Å². The minimum Gasteiger partial charge on any atom is -0.465 e.